The minimum atomic E-state index is -0.212. The van der Waals surface area contributed by atoms with Crippen LogP contribution in [0, 0.1) is 5.92 Å². The predicted molar refractivity (Wildman–Crippen MR) is 37.0 cm³/mol. The molecule has 1 N–H and O–H groups in total. The Labute approximate surface area is 63.8 Å². The summed E-state index contributed by atoms with van der Waals surface area (Å²) < 4.78 is 6.44. The van der Waals surface area contributed by atoms with Crippen molar-refractivity contribution in [1.82, 2.24) is 5.27 Å². The number of H-pyrrole nitrogens is 1. The monoisotopic (exact) mass is 155 g/mol. The van der Waals surface area contributed by atoms with Crippen LogP contribution >= 0.6 is 0 Å². The van der Waals surface area contributed by atoms with Gasteiger partial charge in [-0.15, -0.1) is 0 Å². The van der Waals surface area contributed by atoms with Gasteiger partial charge in [-0.3, -0.25) is 4.52 Å². The molecule has 1 aromatic heterocycles. The molecular weight excluding hydrogens is 144 g/mol. The van der Waals surface area contributed by atoms with Gasteiger partial charge in [-0.25, -0.2) is 4.79 Å². The molecule has 0 bridgehead atoms. The standard InChI is InChI=1S/C7H10N2O2/c1-5-2-3-9-6(4-5)7(10)11-8-9/h5H,2-4H2,1H3/p+1. The molecule has 1 aliphatic rings. The van der Waals surface area contributed by atoms with Gasteiger partial charge in [0.25, 0.3) is 5.69 Å². The van der Waals surface area contributed by atoms with Gasteiger partial charge in [0, 0.05) is 12.8 Å². The van der Waals surface area contributed by atoms with E-state index in [1.165, 1.54) is 0 Å². The maximum Gasteiger partial charge on any atom is 0.429 e. The molecule has 0 spiro atoms. The fraction of sp³-hybridized carbons (Fsp3) is 0.714. The van der Waals surface area contributed by atoms with Crippen LogP contribution < -0.4 is 10.3 Å². The molecule has 1 atom stereocenters. The highest BCUT2D eigenvalue weighted by molar-refractivity contribution is 4.86. The van der Waals surface area contributed by atoms with E-state index >= 15 is 0 Å². The molecule has 1 aromatic rings. The molecule has 1 aliphatic heterocycles. The highest BCUT2D eigenvalue weighted by Gasteiger charge is 2.28. The number of nitrogens with zero attached hydrogens (tertiary/aromatic N) is 1. The molecule has 4 heteroatoms. The molecule has 11 heavy (non-hydrogen) atoms. The zero-order valence-corrected chi connectivity index (χ0v) is 6.46. The van der Waals surface area contributed by atoms with E-state index in [-0.39, 0.29) is 5.63 Å². The predicted octanol–water partition coefficient (Wildman–Crippen LogP) is -0.162. The Kier molecular flexibility index (Phi) is 1.34. The van der Waals surface area contributed by atoms with Crippen molar-refractivity contribution in [3.05, 3.63) is 16.1 Å². The van der Waals surface area contributed by atoms with E-state index in [4.69, 9.17) is 0 Å². The number of hydrogen-bond acceptors (Lipinski definition) is 2. The third-order valence-corrected chi connectivity index (χ3v) is 2.20. The SMILES string of the molecule is CC1CC[n+]2[nH]oc(=O)c2C1. The Morgan fingerprint density at radius 2 is 2.55 bits per heavy atom. The van der Waals surface area contributed by atoms with Gasteiger partial charge in [0.2, 0.25) is 0 Å². The third kappa shape index (κ3) is 0.982. The van der Waals surface area contributed by atoms with Crippen molar-refractivity contribution in [3.63, 3.8) is 0 Å². The summed E-state index contributed by atoms with van der Waals surface area (Å²) in [5.74, 6) is 0.605. The van der Waals surface area contributed by atoms with Gasteiger partial charge in [0.1, 0.15) is 0 Å². The summed E-state index contributed by atoms with van der Waals surface area (Å²) in [5.41, 5.74) is 0.570. The summed E-state index contributed by atoms with van der Waals surface area (Å²) in [6, 6.07) is 0. The Morgan fingerprint density at radius 1 is 1.73 bits per heavy atom. The molecule has 0 aromatic carbocycles. The van der Waals surface area contributed by atoms with Crippen LogP contribution in [0.3, 0.4) is 0 Å². The first-order chi connectivity index (χ1) is 5.27. The zero-order valence-electron chi connectivity index (χ0n) is 6.46. The van der Waals surface area contributed by atoms with Gasteiger partial charge in [0.15, 0.2) is 6.54 Å². The van der Waals surface area contributed by atoms with E-state index in [9.17, 15) is 4.79 Å². The summed E-state index contributed by atoms with van der Waals surface area (Å²) in [6.45, 7) is 3.03. The Bertz CT molecular complexity index is 312. The van der Waals surface area contributed by atoms with Gasteiger partial charge in [-0.1, -0.05) is 11.6 Å². The lowest BCUT2D eigenvalue weighted by Gasteiger charge is -2.09. The number of fused-ring (bicyclic) bond motifs is 1. The molecule has 0 fully saturated rings. The fourth-order valence-electron chi connectivity index (χ4n) is 1.48. The molecule has 0 saturated carbocycles. The average Bonchev–Trinajstić information content (AvgIpc) is 2.33. The van der Waals surface area contributed by atoms with Crippen LogP contribution in [0.15, 0.2) is 9.32 Å². The third-order valence-electron chi connectivity index (χ3n) is 2.20. The van der Waals surface area contributed by atoms with Gasteiger partial charge in [0.05, 0.1) is 0 Å². The highest BCUT2D eigenvalue weighted by Crippen LogP contribution is 2.10. The average molecular weight is 155 g/mol. The zero-order chi connectivity index (χ0) is 7.84. The second-order valence-electron chi connectivity index (χ2n) is 3.18. The van der Waals surface area contributed by atoms with Crippen molar-refractivity contribution in [2.24, 2.45) is 5.92 Å². The van der Waals surface area contributed by atoms with E-state index in [0.29, 0.717) is 5.92 Å². The van der Waals surface area contributed by atoms with Crippen molar-refractivity contribution < 1.29 is 9.20 Å². The number of rotatable bonds is 0. The van der Waals surface area contributed by atoms with E-state index < -0.39 is 0 Å². The van der Waals surface area contributed by atoms with Crippen molar-refractivity contribution in [2.75, 3.05) is 0 Å². The van der Waals surface area contributed by atoms with Crippen LogP contribution in [0.2, 0.25) is 0 Å². The molecule has 4 nitrogen and oxygen atoms in total. The Hall–Kier alpha value is -1.06. The van der Waals surface area contributed by atoms with Crippen LogP contribution in [0.25, 0.3) is 0 Å². The maximum absolute atomic E-state index is 11.0. The molecular formula is C7H11N2O2+. The summed E-state index contributed by atoms with van der Waals surface area (Å²) >= 11 is 0. The molecule has 0 saturated heterocycles. The summed E-state index contributed by atoms with van der Waals surface area (Å²) in [7, 11) is 0. The minimum absolute atomic E-state index is 0.212. The van der Waals surface area contributed by atoms with Crippen LogP contribution in [-0.2, 0) is 13.0 Å². The molecule has 0 radical (unpaired) electrons. The molecule has 2 rings (SSSR count). The first-order valence-electron chi connectivity index (χ1n) is 3.87. The number of nitrogens with one attached hydrogen (secondary N) is 1. The lowest BCUT2D eigenvalue weighted by Crippen LogP contribution is -2.45. The summed E-state index contributed by atoms with van der Waals surface area (Å²) in [6.07, 6.45) is 1.96. The lowest BCUT2D eigenvalue weighted by molar-refractivity contribution is -0.773. The van der Waals surface area contributed by atoms with Crippen LogP contribution in [0.4, 0.5) is 0 Å². The van der Waals surface area contributed by atoms with E-state index in [0.717, 1.165) is 25.1 Å². The second-order valence-corrected chi connectivity index (χ2v) is 3.18. The first kappa shape index (κ1) is 6.64. The molecule has 1 unspecified atom stereocenters. The highest BCUT2D eigenvalue weighted by atomic mass is 16.5. The number of aromatic amines is 1. The smallest absolute Gasteiger partial charge is 0.283 e. The maximum atomic E-state index is 11.0. The van der Waals surface area contributed by atoms with Crippen molar-refractivity contribution in [3.8, 4) is 0 Å². The molecule has 0 aliphatic carbocycles. The Morgan fingerprint density at radius 3 is 3.36 bits per heavy atom. The van der Waals surface area contributed by atoms with Crippen molar-refractivity contribution in [1.29, 1.82) is 0 Å². The summed E-state index contributed by atoms with van der Waals surface area (Å²) in [5, 5.41) is 2.58. The van der Waals surface area contributed by atoms with Crippen molar-refractivity contribution >= 4 is 0 Å². The second kappa shape index (κ2) is 2.22. The summed E-state index contributed by atoms with van der Waals surface area (Å²) in [4.78, 5) is 11.0. The van der Waals surface area contributed by atoms with E-state index in [2.05, 4.69) is 16.7 Å². The minimum Gasteiger partial charge on any atom is -0.283 e. The van der Waals surface area contributed by atoms with E-state index in [1.54, 1.807) is 4.68 Å². The number of aromatic nitrogens is 2. The van der Waals surface area contributed by atoms with Crippen LogP contribution in [-0.4, -0.2) is 5.27 Å². The quantitative estimate of drug-likeness (QED) is 0.529. The van der Waals surface area contributed by atoms with Crippen LogP contribution in [0.1, 0.15) is 19.0 Å². The van der Waals surface area contributed by atoms with Gasteiger partial charge < -0.3 is 0 Å². The normalized spacial score (nSPS) is 23.2. The van der Waals surface area contributed by atoms with E-state index in [1.807, 2.05) is 0 Å². The largest absolute Gasteiger partial charge is 0.429 e. The van der Waals surface area contributed by atoms with Crippen molar-refractivity contribution in [2.45, 2.75) is 26.3 Å². The molecule has 0 amide bonds. The van der Waals surface area contributed by atoms with Crippen LogP contribution in [0.5, 0.6) is 0 Å². The number of aryl methyl sites for hydroxylation is 1. The van der Waals surface area contributed by atoms with Gasteiger partial charge >= 0.3 is 5.63 Å². The fourth-order valence-corrected chi connectivity index (χ4v) is 1.48. The van der Waals surface area contributed by atoms with Gasteiger partial charge in [-0.2, -0.15) is 0 Å². The lowest BCUT2D eigenvalue weighted by atomic mass is 9.99. The number of hydrogen-bond donors (Lipinski definition) is 1. The van der Waals surface area contributed by atoms with Gasteiger partial charge in [-0.05, 0) is 11.2 Å². The topological polar surface area (TPSA) is 49.9 Å². The Balaban J connectivity index is 2.45. The first-order valence-corrected chi connectivity index (χ1v) is 3.87. The molecule has 2 heterocycles. The molecule has 60 valence electrons.